The van der Waals surface area contributed by atoms with Crippen LogP contribution in [-0.2, 0) is 4.79 Å². The van der Waals surface area contributed by atoms with Crippen molar-refractivity contribution in [2.24, 2.45) is 0 Å². The number of nitrogens with one attached hydrogen (secondary N) is 2. The summed E-state index contributed by atoms with van der Waals surface area (Å²) in [4.78, 5) is 38.7. The topological polar surface area (TPSA) is 93.7 Å². The van der Waals surface area contributed by atoms with Gasteiger partial charge < -0.3 is 20.4 Å². The van der Waals surface area contributed by atoms with E-state index in [-0.39, 0.29) is 29.8 Å². The molecule has 1 aliphatic carbocycles. The van der Waals surface area contributed by atoms with E-state index in [1.165, 1.54) is 13.2 Å². The summed E-state index contributed by atoms with van der Waals surface area (Å²) in [6.45, 7) is 0.263. The average Bonchev–Trinajstić information content (AvgIpc) is 3.41. The van der Waals surface area contributed by atoms with Gasteiger partial charge in [-0.2, -0.15) is 13.8 Å². The monoisotopic (exact) mass is 513 g/mol. The Bertz CT molecular complexity index is 1150. The first kappa shape index (κ1) is 25.3. The molecule has 1 unspecified atom stereocenters. The van der Waals surface area contributed by atoms with Crippen molar-refractivity contribution >= 4 is 35.0 Å². The highest BCUT2D eigenvalue weighted by Crippen LogP contribution is 2.39. The van der Waals surface area contributed by atoms with Gasteiger partial charge in [0.2, 0.25) is 5.95 Å². The molecule has 2 amide bonds. The molecule has 1 saturated carbocycles. The Kier molecular flexibility index (Phi) is 6.98. The van der Waals surface area contributed by atoms with Crippen LogP contribution in [0.15, 0.2) is 30.5 Å². The van der Waals surface area contributed by atoms with E-state index < -0.39 is 18.4 Å². The third kappa shape index (κ3) is 5.22. The molecule has 1 saturated heterocycles. The molecule has 1 atom stereocenters. The fourth-order valence-corrected chi connectivity index (χ4v) is 5.43. The van der Waals surface area contributed by atoms with Gasteiger partial charge in [0.25, 0.3) is 11.8 Å². The number of carbonyl (C=O) groups excluding carboxylic acids is 2. The molecule has 11 heteroatoms. The number of benzene rings is 1. The molecule has 9 nitrogen and oxygen atoms in total. The minimum absolute atomic E-state index is 0.0345. The van der Waals surface area contributed by atoms with Crippen molar-refractivity contribution in [1.82, 2.24) is 20.2 Å². The van der Waals surface area contributed by atoms with E-state index in [2.05, 4.69) is 25.5 Å². The van der Waals surface area contributed by atoms with Crippen LogP contribution < -0.4 is 20.4 Å². The summed E-state index contributed by atoms with van der Waals surface area (Å²) in [5.74, 6) is -4.35. The number of anilines is 4. The summed E-state index contributed by atoms with van der Waals surface area (Å²) in [7, 11) is 3.35. The number of amides is 2. The fraction of sp³-hybridized carbons (Fsp3) is 0.538. The highest BCUT2D eigenvalue weighted by atomic mass is 19.3. The summed E-state index contributed by atoms with van der Waals surface area (Å²) in [5.41, 5.74) is 1.46. The van der Waals surface area contributed by atoms with Gasteiger partial charge in [0.05, 0.1) is 18.9 Å². The number of rotatable bonds is 5. The van der Waals surface area contributed by atoms with E-state index in [4.69, 9.17) is 0 Å². The van der Waals surface area contributed by atoms with E-state index in [1.54, 1.807) is 29.2 Å². The third-order valence-electron chi connectivity index (χ3n) is 7.61. The Hall–Kier alpha value is -3.34. The average molecular weight is 514 g/mol. The van der Waals surface area contributed by atoms with Crippen LogP contribution in [0.25, 0.3) is 0 Å². The molecule has 37 heavy (non-hydrogen) atoms. The molecule has 2 aliphatic heterocycles. The maximum atomic E-state index is 14.8. The van der Waals surface area contributed by atoms with Gasteiger partial charge in [-0.15, -0.1) is 0 Å². The lowest BCUT2D eigenvalue weighted by Crippen LogP contribution is -2.48. The zero-order chi connectivity index (χ0) is 26.2. The van der Waals surface area contributed by atoms with Crippen LogP contribution in [0.5, 0.6) is 0 Å². The van der Waals surface area contributed by atoms with Gasteiger partial charge in [-0.3, -0.25) is 14.5 Å². The van der Waals surface area contributed by atoms with Crippen molar-refractivity contribution in [2.75, 3.05) is 42.3 Å². The highest BCUT2D eigenvalue weighted by molar-refractivity contribution is 6.02. The van der Waals surface area contributed by atoms with Crippen molar-refractivity contribution in [3.63, 3.8) is 0 Å². The Morgan fingerprint density at radius 3 is 2.46 bits per heavy atom. The van der Waals surface area contributed by atoms with Crippen molar-refractivity contribution in [3.05, 3.63) is 36.0 Å². The summed E-state index contributed by atoms with van der Waals surface area (Å²) in [5, 5.41) is 6.19. The molecule has 2 fully saturated rings. The number of alkyl halides is 2. The molecule has 0 radical (unpaired) electrons. The SMILES string of the molecule is CN1C(=O)C(F)(F)CN(C2CCCC2)c2nc(Nc3ccc(C(=O)NC4CCCCN4C)cc3)ncc21. The van der Waals surface area contributed by atoms with Crippen LogP contribution in [0.2, 0.25) is 0 Å². The number of nitrogens with zero attached hydrogens (tertiary/aromatic N) is 5. The minimum Gasteiger partial charge on any atom is -0.345 e. The molecule has 3 heterocycles. The molecule has 3 aliphatic rings. The molecular weight excluding hydrogens is 480 g/mol. The molecule has 2 N–H and O–H groups in total. The number of likely N-dealkylation sites (tertiary alicyclic amines) is 1. The first-order valence-electron chi connectivity index (χ1n) is 12.9. The van der Waals surface area contributed by atoms with Gasteiger partial charge in [0.15, 0.2) is 5.82 Å². The van der Waals surface area contributed by atoms with Crippen molar-refractivity contribution in [3.8, 4) is 0 Å². The maximum Gasteiger partial charge on any atom is 0.342 e. The lowest BCUT2D eigenvalue weighted by atomic mass is 10.1. The first-order valence-corrected chi connectivity index (χ1v) is 12.9. The summed E-state index contributed by atoms with van der Waals surface area (Å²) in [6.07, 6.45) is 8.09. The quantitative estimate of drug-likeness (QED) is 0.629. The van der Waals surface area contributed by atoms with Crippen molar-refractivity contribution in [1.29, 1.82) is 0 Å². The van der Waals surface area contributed by atoms with E-state index in [0.717, 1.165) is 56.4 Å². The van der Waals surface area contributed by atoms with Crippen LogP contribution >= 0.6 is 0 Å². The number of halogens is 2. The summed E-state index contributed by atoms with van der Waals surface area (Å²) < 4.78 is 29.5. The lowest BCUT2D eigenvalue weighted by molar-refractivity contribution is -0.140. The van der Waals surface area contributed by atoms with Crippen LogP contribution in [0.4, 0.5) is 31.9 Å². The Balaban J connectivity index is 1.34. The highest BCUT2D eigenvalue weighted by Gasteiger charge is 2.48. The molecular formula is C26H33F2N7O2. The van der Waals surface area contributed by atoms with Gasteiger partial charge in [0, 0.05) is 24.3 Å². The van der Waals surface area contributed by atoms with E-state index in [0.29, 0.717) is 17.1 Å². The second kappa shape index (κ2) is 10.2. The second-order valence-electron chi connectivity index (χ2n) is 10.2. The molecule has 0 spiro atoms. The molecule has 1 aromatic carbocycles. The predicted octanol–water partition coefficient (Wildman–Crippen LogP) is 3.75. The van der Waals surface area contributed by atoms with E-state index in [1.807, 2.05) is 7.05 Å². The van der Waals surface area contributed by atoms with Crippen molar-refractivity contribution < 1.29 is 18.4 Å². The van der Waals surface area contributed by atoms with E-state index in [9.17, 15) is 18.4 Å². The van der Waals surface area contributed by atoms with E-state index >= 15 is 0 Å². The minimum atomic E-state index is -3.52. The molecule has 2 aromatic rings. The number of aromatic nitrogens is 2. The third-order valence-corrected chi connectivity index (χ3v) is 7.61. The number of carbonyl (C=O) groups is 2. The molecule has 1 aromatic heterocycles. The maximum absolute atomic E-state index is 14.8. The number of piperidine rings is 1. The lowest BCUT2D eigenvalue weighted by Gasteiger charge is -2.32. The van der Waals surface area contributed by atoms with Crippen LogP contribution in [0.1, 0.15) is 55.3 Å². The van der Waals surface area contributed by atoms with Gasteiger partial charge in [-0.1, -0.05) is 12.8 Å². The molecule has 0 bridgehead atoms. The largest absolute Gasteiger partial charge is 0.345 e. The Labute approximate surface area is 215 Å². The Morgan fingerprint density at radius 1 is 1.05 bits per heavy atom. The molecule has 198 valence electrons. The summed E-state index contributed by atoms with van der Waals surface area (Å²) in [6, 6.07) is 6.86. The first-order chi connectivity index (χ1) is 17.7. The number of fused-ring (bicyclic) bond motifs is 1. The number of hydrogen-bond donors (Lipinski definition) is 2. The molecule has 5 rings (SSSR count). The van der Waals surface area contributed by atoms with Crippen LogP contribution in [0.3, 0.4) is 0 Å². The standard InChI is InChI=1S/C26H33F2N7O2/c1-33-14-6-5-9-21(33)31-23(36)17-10-12-18(13-11-17)30-25-29-15-20-22(32-25)35(19-7-3-4-8-19)16-26(27,28)24(37)34(20)2/h10-13,15,19,21H,3-9,14,16H2,1-2H3,(H,31,36)(H,29,30,32). The Morgan fingerprint density at radius 2 is 1.76 bits per heavy atom. The fourth-order valence-electron chi connectivity index (χ4n) is 5.43. The van der Waals surface area contributed by atoms with Crippen LogP contribution in [0, 0.1) is 0 Å². The van der Waals surface area contributed by atoms with Gasteiger partial charge in [0.1, 0.15) is 5.69 Å². The zero-order valence-electron chi connectivity index (χ0n) is 21.2. The van der Waals surface area contributed by atoms with Gasteiger partial charge in [-0.05, 0) is 70.0 Å². The number of hydrogen-bond acceptors (Lipinski definition) is 7. The predicted molar refractivity (Wildman–Crippen MR) is 137 cm³/mol. The summed E-state index contributed by atoms with van der Waals surface area (Å²) >= 11 is 0. The normalized spacial score (nSPS) is 22.5. The zero-order valence-corrected chi connectivity index (χ0v) is 21.2. The van der Waals surface area contributed by atoms with Crippen molar-refractivity contribution in [2.45, 2.75) is 63.1 Å². The second-order valence-corrected chi connectivity index (χ2v) is 10.2. The van der Waals surface area contributed by atoms with Gasteiger partial charge >= 0.3 is 5.92 Å². The smallest absolute Gasteiger partial charge is 0.342 e. The van der Waals surface area contributed by atoms with Crippen LogP contribution in [-0.4, -0.2) is 72.0 Å². The van der Waals surface area contributed by atoms with Gasteiger partial charge in [-0.25, -0.2) is 4.98 Å².